The summed E-state index contributed by atoms with van der Waals surface area (Å²) >= 11 is 4.71. The zero-order chi connectivity index (χ0) is 36.5. The molecular weight excluding hydrogens is 735 g/mol. The highest BCUT2D eigenvalue weighted by Crippen LogP contribution is 2.21. The third-order valence-electron chi connectivity index (χ3n) is 8.61. The third-order valence-corrected chi connectivity index (χ3v) is 11.5. The molecule has 6 rings (SSSR count). The van der Waals surface area contributed by atoms with Crippen LogP contribution in [0.25, 0.3) is 0 Å². The number of anilines is 1. The number of hydrogen-bond acceptors (Lipinski definition) is 15. The molecule has 1 amide bonds. The molecule has 13 nitrogen and oxygen atoms in total. The average Bonchev–Trinajstić information content (AvgIpc) is 3.81. The topological polar surface area (TPSA) is 141 Å². The van der Waals surface area contributed by atoms with Crippen LogP contribution in [0.5, 0.6) is 11.5 Å². The molecule has 0 aliphatic carbocycles. The largest absolute Gasteiger partial charge is 0.492 e. The first kappa shape index (κ1) is 39.2. The Morgan fingerprint density at radius 1 is 0.698 bits per heavy atom. The van der Waals surface area contributed by atoms with Crippen molar-refractivity contribution in [3.05, 3.63) is 74.7 Å². The molecule has 2 aromatic heterocycles. The first-order valence-electron chi connectivity index (χ1n) is 18.1. The molecule has 2 saturated heterocycles. The summed E-state index contributed by atoms with van der Waals surface area (Å²) in [5.74, 6) is 3.28. The van der Waals surface area contributed by atoms with Crippen LogP contribution in [0.4, 0.5) is 5.13 Å². The molecule has 2 aliphatic rings. The summed E-state index contributed by atoms with van der Waals surface area (Å²) in [5.41, 5.74) is 1.82. The molecule has 0 spiro atoms. The number of benzene rings is 2. The van der Waals surface area contributed by atoms with Gasteiger partial charge in [-0.25, -0.2) is 0 Å². The van der Waals surface area contributed by atoms with Crippen LogP contribution in [-0.4, -0.2) is 132 Å². The van der Waals surface area contributed by atoms with E-state index in [1.807, 2.05) is 48.5 Å². The molecule has 4 heterocycles. The lowest BCUT2D eigenvalue weighted by Gasteiger charge is -2.26. The van der Waals surface area contributed by atoms with Crippen LogP contribution < -0.4 is 14.8 Å². The number of aryl methyl sites for hydroxylation is 2. The summed E-state index contributed by atoms with van der Waals surface area (Å²) in [6.45, 7) is 9.73. The van der Waals surface area contributed by atoms with Gasteiger partial charge >= 0.3 is 0 Å². The van der Waals surface area contributed by atoms with Crippen molar-refractivity contribution >= 4 is 51.3 Å². The van der Waals surface area contributed by atoms with E-state index in [1.165, 1.54) is 22.7 Å². The van der Waals surface area contributed by atoms with Crippen molar-refractivity contribution < 1.29 is 28.5 Å². The number of carbonyl (C=O) groups is 2. The summed E-state index contributed by atoms with van der Waals surface area (Å²) in [4.78, 5) is 30.2. The van der Waals surface area contributed by atoms with Crippen LogP contribution in [0, 0.1) is 0 Å². The minimum absolute atomic E-state index is 0.106. The van der Waals surface area contributed by atoms with Crippen molar-refractivity contribution in [2.45, 2.75) is 32.1 Å². The zero-order valence-electron chi connectivity index (χ0n) is 29.9. The van der Waals surface area contributed by atoms with Crippen molar-refractivity contribution in [2.75, 3.05) is 95.7 Å². The zero-order valence-corrected chi connectivity index (χ0v) is 32.4. The van der Waals surface area contributed by atoms with Crippen LogP contribution >= 0.6 is 34.4 Å². The predicted molar refractivity (Wildman–Crippen MR) is 208 cm³/mol. The van der Waals surface area contributed by atoms with Crippen LogP contribution in [0.15, 0.2) is 48.5 Å². The maximum absolute atomic E-state index is 12.8. The number of morpholine rings is 2. The number of Topliss-reactive ketones (excluding diaryl/α,β-unsaturated/α-hetero) is 1. The van der Waals surface area contributed by atoms with E-state index in [9.17, 15) is 9.59 Å². The molecule has 0 atom stereocenters. The van der Waals surface area contributed by atoms with Gasteiger partial charge in [-0.3, -0.25) is 19.4 Å². The highest BCUT2D eigenvalue weighted by molar-refractivity contribution is 7.99. The Kier molecular flexibility index (Phi) is 15.8. The van der Waals surface area contributed by atoms with Gasteiger partial charge in [0.1, 0.15) is 45.5 Å². The number of carbonyl (C=O) groups excluding carboxylic acids is 2. The lowest BCUT2D eigenvalue weighted by molar-refractivity contribution is -0.118. The predicted octanol–water partition coefficient (Wildman–Crippen LogP) is 3.87. The second-order valence-electron chi connectivity index (χ2n) is 12.7. The van der Waals surface area contributed by atoms with Gasteiger partial charge in [0, 0.05) is 58.5 Å². The molecule has 2 aliphatic heterocycles. The number of thioether (sulfide) groups is 1. The van der Waals surface area contributed by atoms with Gasteiger partial charge in [0.2, 0.25) is 11.0 Å². The van der Waals surface area contributed by atoms with Crippen molar-refractivity contribution in [3.63, 3.8) is 0 Å². The molecule has 0 saturated carbocycles. The lowest BCUT2D eigenvalue weighted by atomic mass is 10.1. The van der Waals surface area contributed by atoms with Gasteiger partial charge in [-0.15, -0.1) is 31.7 Å². The highest BCUT2D eigenvalue weighted by atomic mass is 32.2. The molecule has 0 radical (unpaired) electrons. The second kappa shape index (κ2) is 21.4. The lowest BCUT2D eigenvalue weighted by Crippen LogP contribution is -2.38. The monoisotopic (exact) mass is 781 g/mol. The van der Waals surface area contributed by atoms with Gasteiger partial charge in [0.15, 0.2) is 0 Å². The average molecular weight is 782 g/mol. The fourth-order valence-corrected chi connectivity index (χ4v) is 8.59. The minimum atomic E-state index is -0.139. The second-order valence-corrected chi connectivity index (χ2v) is 16.2. The van der Waals surface area contributed by atoms with Crippen LogP contribution in [0.3, 0.4) is 0 Å². The maximum atomic E-state index is 12.8. The molecular formula is C37H47N7O6S3. The minimum Gasteiger partial charge on any atom is -0.492 e. The fourth-order valence-electron chi connectivity index (χ4n) is 5.82. The fraction of sp³-hybridized carbons (Fsp3) is 0.514. The Morgan fingerprint density at radius 2 is 1.25 bits per heavy atom. The normalized spacial score (nSPS) is 15.3. The number of ether oxygens (including phenoxy) is 4. The van der Waals surface area contributed by atoms with E-state index in [0.29, 0.717) is 24.8 Å². The molecule has 53 heavy (non-hydrogen) atoms. The Hall–Kier alpha value is -3.51. The van der Waals surface area contributed by atoms with Crippen molar-refractivity contribution in [2.24, 2.45) is 0 Å². The van der Waals surface area contributed by atoms with Gasteiger partial charge in [-0.05, 0) is 46.9 Å². The van der Waals surface area contributed by atoms with E-state index in [0.717, 1.165) is 128 Å². The molecule has 2 aromatic carbocycles. The Morgan fingerprint density at radius 3 is 1.87 bits per heavy atom. The molecule has 0 unspecified atom stereocenters. The van der Waals surface area contributed by atoms with Crippen molar-refractivity contribution in [1.29, 1.82) is 0 Å². The summed E-state index contributed by atoms with van der Waals surface area (Å²) in [6, 6.07) is 15.4. The standard InChI is InChI=1S/C37H47N7O6S3/c45-30(23-28-3-1-5-31(24-28)49-19-13-43-9-15-47-16-10-43)27-36-41-39-34(52-36)7-21-51-22-8-35-40-42-37(53-35)38-33(46)26-29-4-2-6-32(25-29)50-20-14-44-11-17-48-18-12-44/h1-6,24-25H,7-23,26-27H2,(H,38,42,46). The van der Waals surface area contributed by atoms with Gasteiger partial charge in [0.05, 0.1) is 39.3 Å². The van der Waals surface area contributed by atoms with E-state index in [1.54, 1.807) is 11.8 Å². The van der Waals surface area contributed by atoms with Crippen LogP contribution in [-0.2, 0) is 51.2 Å². The maximum Gasteiger partial charge on any atom is 0.230 e. The first-order chi connectivity index (χ1) is 26.0. The summed E-state index contributed by atoms with van der Waals surface area (Å²) < 4.78 is 22.7. The molecule has 1 N–H and O–H groups in total. The first-order valence-corrected chi connectivity index (χ1v) is 20.9. The Labute approximate surface area is 322 Å². The van der Waals surface area contributed by atoms with E-state index < -0.39 is 0 Å². The molecule has 4 aromatic rings. The van der Waals surface area contributed by atoms with Crippen molar-refractivity contribution in [3.8, 4) is 11.5 Å². The number of rotatable bonds is 21. The summed E-state index contributed by atoms with van der Waals surface area (Å²) in [7, 11) is 0. The summed E-state index contributed by atoms with van der Waals surface area (Å²) in [6.07, 6.45) is 2.39. The van der Waals surface area contributed by atoms with Crippen LogP contribution in [0.2, 0.25) is 0 Å². The third kappa shape index (κ3) is 14.0. The van der Waals surface area contributed by atoms with Gasteiger partial charge in [-0.1, -0.05) is 35.6 Å². The Bertz CT molecular complexity index is 1600. The van der Waals surface area contributed by atoms with Crippen molar-refractivity contribution in [1.82, 2.24) is 30.2 Å². The summed E-state index contributed by atoms with van der Waals surface area (Å²) in [5, 5.41) is 22.9. The number of nitrogens with one attached hydrogen (secondary N) is 1. The number of nitrogens with zero attached hydrogens (tertiary/aromatic N) is 6. The highest BCUT2D eigenvalue weighted by Gasteiger charge is 2.14. The number of amides is 1. The van der Waals surface area contributed by atoms with Gasteiger partial charge < -0.3 is 24.3 Å². The number of hydrogen-bond donors (Lipinski definition) is 1. The Balaban J connectivity index is 0.828. The van der Waals surface area contributed by atoms with E-state index >= 15 is 0 Å². The van der Waals surface area contributed by atoms with E-state index in [2.05, 4.69) is 35.5 Å². The number of aromatic nitrogens is 4. The van der Waals surface area contributed by atoms with Gasteiger partial charge in [-0.2, -0.15) is 11.8 Å². The molecule has 2 fully saturated rings. The molecule has 284 valence electrons. The quantitative estimate of drug-likeness (QED) is 0.123. The smallest absolute Gasteiger partial charge is 0.230 e. The van der Waals surface area contributed by atoms with E-state index in [4.69, 9.17) is 18.9 Å². The van der Waals surface area contributed by atoms with E-state index in [-0.39, 0.29) is 24.5 Å². The molecule has 16 heteroatoms. The SMILES string of the molecule is O=C(Cc1cccc(OCCN2CCOCC2)c1)Cc1nnc(CCSCCc2nnc(NC(=O)Cc3cccc(OCCN4CCOCC4)c3)s2)s1. The molecule has 0 bridgehead atoms. The van der Waals surface area contributed by atoms with Gasteiger partial charge in [0.25, 0.3) is 0 Å². The van der Waals surface area contributed by atoms with Crippen LogP contribution in [0.1, 0.15) is 26.1 Å². The number of ketones is 1.